The van der Waals surface area contributed by atoms with E-state index in [1.54, 1.807) is 0 Å². The van der Waals surface area contributed by atoms with Gasteiger partial charge in [-0.1, -0.05) is 34.8 Å². The van der Waals surface area contributed by atoms with Crippen molar-refractivity contribution in [1.29, 1.82) is 0 Å². The van der Waals surface area contributed by atoms with E-state index >= 15 is 0 Å². The molecule has 0 aromatic carbocycles. The van der Waals surface area contributed by atoms with Crippen molar-refractivity contribution in [3.05, 3.63) is 23.9 Å². The monoisotopic (exact) mass is 282 g/mol. The molecule has 0 spiro atoms. The lowest BCUT2D eigenvalue weighted by molar-refractivity contribution is 0.442. The molecule has 1 fully saturated rings. The number of rotatable bonds is 2. The summed E-state index contributed by atoms with van der Waals surface area (Å²) in [5.41, 5.74) is 1.09. The maximum atomic E-state index is 4.59. The summed E-state index contributed by atoms with van der Waals surface area (Å²) in [6.45, 7) is 2.05. The van der Waals surface area contributed by atoms with E-state index < -0.39 is 0 Å². The lowest BCUT2D eigenvalue weighted by Crippen LogP contribution is -2.41. The highest BCUT2D eigenvalue weighted by Crippen LogP contribution is 2.29. The standard InChI is InChI=1S/C13H19BrN2/c1-10-6-5-9-13(15-10)16(2)12-8-4-3-7-11(12)14/h5-6,9,11-12H,3-4,7-8H2,1-2H3. The average molecular weight is 283 g/mol. The van der Waals surface area contributed by atoms with E-state index in [0.29, 0.717) is 10.9 Å². The predicted molar refractivity (Wildman–Crippen MR) is 72.3 cm³/mol. The molecule has 0 saturated heterocycles. The molecule has 1 aromatic rings. The highest BCUT2D eigenvalue weighted by Gasteiger charge is 2.26. The Morgan fingerprint density at radius 1 is 1.31 bits per heavy atom. The van der Waals surface area contributed by atoms with E-state index in [4.69, 9.17) is 0 Å². The zero-order valence-electron chi connectivity index (χ0n) is 9.99. The number of alkyl halides is 1. The van der Waals surface area contributed by atoms with Crippen LogP contribution in [-0.4, -0.2) is 22.9 Å². The van der Waals surface area contributed by atoms with Crippen LogP contribution in [0.25, 0.3) is 0 Å². The number of hydrogen-bond donors (Lipinski definition) is 0. The number of nitrogens with zero attached hydrogens (tertiary/aromatic N) is 2. The van der Waals surface area contributed by atoms with Crippen LogP contribution in [0, 0.1) is 6.92 Å². The van der Waals surface area contributed by atoms with Gasteiger partial charge in [-0.2, -0.15) is 0 Å². The van der Waals surface area contributed by atoms with Gasteiger partial charge in [0.2, 0.25) is 0 Å². The normalized spacial score (nSPS) is 25.4. The molecule has 2 nitrogen and oxygen atoms in total. The van der Waals surface area contributed by atoms with Crippen LogP contribution >= 0.6 is 15.9 Å². The second-order valence-corrected chi connectivity index (χ2v) is 5.79. The molecule has 16 heavy (non-hydrogen) atoms. The van der Waals surface area contributed by atoms with Crippen molar-refractivity contribution in [2.75, 3.05) is 11.9 Å². The van der Waals surface area contributed by atoms with Crippen molar-refractivity contribution < 1.29 is 0 Å². The van der Waals surface area contributed by atoms with Gasteiger partial charge in [-0.25, -0.2) is 4.98 Å². The van der Waals surface area contributed by atoms with Gasteiger partial charge < -0.3 is 4.90 Å². The first kappa shape index (κ1) is 11.9. The number of aryl methyl sites for hydroxylation is 1. The molecular weight excluding hydrogens is 264 g/mol. The van der Waals surface area contributed by atoms with Crippen LogP contribution in [-0.2, 0) is 0 Å². The first-order chi connectivity index (χ1) is 7.68. The first-order valence-corrected chi connectivity index (χ1v) is 6.90. The first-order valence-electron chi connectivity index (χ1n) is 5.99. The smallest absolute Gasteiger partial charge is 0.128 e. The molecule has 1 aliphatic carbocycles. The lowest BCUT2D eigenvalue weighted by Gasteiger charge is -2.36. The van der Waals surface area contributed by atoms with E-state index in [9.17, 15) is 0 Å². The van der Waals surface area contributed by atoms with Crippen molar-refractivity contribution in [3.63, 3.8) is 0 Å². The summed E-state index contributed by atoms with van der Waals surface area (Å²) in [4.78, 5) is 7.52. The highest BCUT2D eigenvalue weighted by molar-refractivity contribution is 9.09. The third-order valence-electron chi connectivity index (χ3n) is 3.38. The van der Waals surface area contributed by atoms with E-state index in [0.717, 1.165) is 11.5 Å². The van der Waals surface area contributed by atoms with Crippen LogP contribution in [0.1, 0.15) is 31.4 Å². The number of aromatic nitrogens is 1. The molecular formula is C13H19BrN2. The predicted octanol–water partition coefficient (Wildman–Crippen LogP) is 3.53. The molecule has 0 bridgehead atoms. The van der Waals surface area contributed by atoms with Crippen LogP contribution in [0.5, 0.6) is 0 Å². The van der Waals surface area contributed by atoms with Gasteiger partial charge in [0.25, 0.3) is 0 Å². The zero-order valence-corrected chi connectivity index (χ0v) is 11.6. The number of pyridine rings is 1. The summed E-state index contributed by atoms with van der Waals surface area (Å²) in [7, 11) is 2.16. The molecule has 0 aliphatic heterocycles. The summed E-state index contributed by atoms with van der Waals surface area (Å²) in [5, 5.41) is 0. The molecule has 0 N–H and O–H groups in total. The van der Waals surface area contributed by atoms with Gasteiger partial charge in [-0.3, -0.25) is 0 Å². The van der Waals surface area contributed by atoms with E-state index in [2.05, 4.69) is 45.0 Å². The van der Waals surface area contributed by atoms with Crippen LogP contribution < -0.4 is 4.90 Å². The molecule has 1 aromatic heterocycles. The summed E-state index contributed by atoms with van der Waals surface area (Å²) in [5.74, 6) is 1.09. The van der Waals surface area contributed by atoms with Gasteiger partial charge in [0, 0.05) is 23.6 Å². The van der Waals surface area contributed by atoms with Crippen LogP contribution in [0.3, 0.4) is 0 Å². The summed E-state index contributed by atoms with van der Waals surface area (Å²) >= 11 is 3.80. The summed E-state index contributed by atoms with van der Waals surface area (Å²) < 4.78 is 0. The third-order valence-corrected chi connectivity index (χ3v) is 4.45. The second-order valence-electron chi connectivity index (χ2n) is 4.62. The highest BCUT2D eigenvalue weighted by atomic mass is 79.9. The van der Waals surface area contributed by atoms with Crippen molar-refractivity contribution in [3.8, 4) is 0 Å². The molecule has 2 rings (SSSR count). The lowest BCUT2D eigenvalue weighted by atomic mass is 9.94. The van der Waals surface area contributed by atoms with Crippen LogP contribution in [0.2, 0.25) is 0 Å². The van der Waals surface area contributed by atoms with Crippen LogP contribution in [0.4, 0.5) is 5.82 Å². The number of hydrogen-bond acceptors (Lipinski definition) is 2. The van der Waals surface area contributed by atoms with Gasteiger partial charge in [0.1, 0.15) is 5.82 Å². The minimum atomic E-state index is 0.586. The van der Waals surface area contributed by atoms with Crippen molar-refractivity contribution in [1.82, 2.24) is 4.98 Å². The fourth-order valence-corrected chi connectivity index (χ4v) is 3.34. The van der Waals surface area contributed by atoms with Gasteiger partial charge in [-0.05, 0) is 31.9 Å². The molecule has 88 valence electrons. The third kappa shape index (κ3) is 2.57. The Kier molecular flexibility index (Phi) is 3.85. The number of anilines is 1. The van der Waals surface area contributed by atoms with Gasteiger partial charge >= 0.3 is 0 Å². The van der Waals surface area contributed by atoms with Crippen molar-refractivity contribution in [2.24, 2.45) is 0 Å². The second kappa shape index (κ2) is 5.17. The average Bonchev–Trinajstić information content (AvgIpc) is 2.29. The maximum Gasteiger partial charge on any atom is 0.128 e. The Labute approximate surface area is 106 Å². The topological polar surface area (TPSA) is 16.1 Å². The maximum absolute atomic E-state index is 4.59. The molecule has 3 heteroatoms. The van der Waals surface area contributed by atoms with Crippen molar-refractivity contribution in [2.45, 2.75) is 43.5 Å². The largest absolute Gasteiger partial charge is 0.356 e. The Morgan fingerprint density at radius 3 is 2.75 bits per heavy atom. The van der Waals surface area contributed by atoms with Gasteiger partial charge in [-0.15, -0.1) is 0 Å². The fourth-order valence-electron chi connectivity index (χ4n) is 2.40. The number of halogens is 1. The summed E-state index contributed by atoms with van der Waals surface area (Å²) in [6.07, 6.45) is 5.23. The Morgan fingerprint density at radius 2 is 2.06 bits per heavy atom. The SMILES string of the molecule is Cc1cccc(N(C)C2CCCCC2Br)n1. The Balaban J connectivity index is 2.14. The molecule has 2 atom stereocenters. The quantitative estimate of drug-likeness (QED) is 0.772. The van der Waals surface area contributed by atoms with Crippen molar-refractivity contribution >= 4 is 21.7 Å². The summed E-state index contributed by atoms with van der Waals surface area (Å²) in [6, 6.07) is 6.81. The minimum absolute atomic E-state index is 0.586. The van der Waals surface area contributed by atoms with E-state index in [1.165, 1.54) is 25.7 Å². The molecule has 2 unspecified atom stereocenters. The van der Waals surface area contributed by atoms with Gasteiger partial charge in [0.05, 0.1) is 0 Å². The fraction of sp³-hybridized carbons (Fsp3) is 0.615. The molecule has 1 saturated carbocycles. The van der Waals surface area contributed by atoms with Gasteiger partial charge in [0.15, 0.2) is 0 Å². The molecule has 0 radical (unpaired) electrons. The molecule has 0 amide bonds. The Hall–Kier alpha value is -0.570. The molecule has 1 aliphatic rings. The van der Waals surface area contributed by atoms with Crippen LogP contribution in [0.15, 0.2) is 18.2 Å². The Bertz CT molecular complexity index is 354. The van der Waals surface area contributed by atoms with E-state index in [-0.39, 0.29) is 0 Å². The minimum Gasteiger partial charge on any atom is -0.356 e. The zero-order chi connectivity index (χ0) is 11.5. The molecule has 1 heterocycles. The van der Waals surface area contributed by atoms with E-state index in [1.807, 2.05) is 13.0 Å².